The van der Waals surface area contributed by atoms with E-state index in [9.17, 15) is 13.6 Å². The van der Waals surface area contributed by atoms with E-state index in [1.54, 1.807) is 25.1 Å². The summed E-state index contributed by atoms with van der Waals surface area (Å²) in [7, 11) is 0. The highest BCUT2D eigenvalue weighted by atomic mass is 35.5. The summed E-state index contributed by atoms with van der Waals surface area (Å²) >= 11 is 5.80. The molecule has 2 aromatic rings. The molecule has 0 heterocycles. The van der Waals surface area contributed by atoms with Crippen LogP contribution in [0.25, 0.3) is 0 Å². The molecule has 0 aromatic heterocycles. The van der Waals surface area contributed by atoms with Gasteiger partial charge in [0, 0.05) is 22.3 Å². The van der Waals surface area contributed by atoms with E-state index >= 15 is 0 Å². The second-order valence-corrected chi connectivity index (χ2v) is 4.51. The Morgan fingerprint density at radius 1 is 1.11 bits per heavy atom. The molecule has 0 aliphatic heterocycles. The van der Waals surface area contributed by atoms with Crippen LogP contribution in [-0.4, -0.2) is 5.91 Å². The minimum Gasteiger partial charge on any atom is -0.322 e. The molecule has 0 atom stereocenters. The number of carbonyl (C=O) groups is 1. The number of aryl methyl sites for hydroxylation is 1. The van der Waals surface area contributed by atoms with Crippen molar-refractivity contribution in [2.24, 2.45) is 0 Å². The number of rotatable bonds is 2. The van der Waals surface area contributed by atoms with E-state index in [4.69, 9.17) is 11.6 Å². The maximum atomic E-state index is 13.0. The first-order valence-corrected chi connectivity index (χ1v) is 5.87. The van der Waals surface area contributed by atoms with Gasteiger partial charge in [-0.2, -0.15) is 0 Å². The van der Waals surface area contributed by atoms with E-state index < -0.39 is 17.5 Å². The Balaban J connectivity index is 2.25. The van der Waals surface area contributed by atoms with Gasteiger partial charge in [0.05, 0.1) is 0 Å². The summed E-state index contributed by atoms with van der Waals surface area (Å²) in [6, 6.07) is 7.60. The van der Waals surface area contributed by atoms with Crippen LogP contribution in [0.5, 0.6) is 0 Å². The standard InChI is InChI=1S/C14H10ClF2NO/c1-8-4-10(15)2-3-13(8)18-14(19)9-5-11(16)7-12(17)6-9/h2-7H,1H3,(H,18,19). The van der Waals surface area contributed by atoms with Crippen molar-refractivity contribution in [1.29, 1.82) is 0 Å². The van der Waals surface area contributed by atoms with Crippen LogP contribution in [0.1, 0.15) is 15.9 Å². The zero-order valence-electron chi connectivity index (χ0n) is 10.0. The second kappa shape index (κ2) is 5.36. The number of hydrogen-bond donors (Lipinski definition) is 1. The zero-order valence-corrected chi connectivity index (χ0v) is 10.8. The molecular formula is C14H10ClF2NO. The highest BCUT2D eigenvalue weighted by Crippen LogP contribution is 2.20. The fraction of sp³-hybridized carbons (Fsp3) is 0.0714. The van der Waals surface area contributed by atoms with E-state index in [2.05, 4.69) is 5.32 Å². The fourth-order valence-corrected chi connectivity index (χ4v) is 1.87. The van der Waals surface area contributed by atoms with Crippen LogP contribution >= 0.6 is 11.6 Å². The van der Waals surface area contributed by atoms with E-state index in [0.717, 1.165) is 17.7 Å². The Bertz CT molecular complexity index is 623. The largest absolute Gasteiger partial charge is 0.322 e. The van der Waals surface area contributed by atoms with Crippen LogP contribution in [0, 0.1) is 18.6 Å². The van der Waals surface area contributed by atoms with Gasteiger partial charge in [-0.1, -0.05) is 11.6 Å². The molecule has 0 spiro atoms. The molecule has 0 unspecified atom stereocenters. The van der Waals surface area contributed by atoms with Gasteiger partial charge in [0.25, 0.3) is 5.91 Å². The number of nitrogens with one attached hydrogen (secondary N) is 1. The van der Waals surface area contributed by atoms with Crippen molar-refractivity contribution in [2.45, 2.75) is 6.92 Å². The van der Waals surface area contributed by atoms with Crippen molar-refractivity contribution in [1.82, 2.24) is 0 Å². The Hall–Kier alpha value is -1.94. The lowest BCUT2D eigenvalue weighted by Crippen LogP contribution is -2.13. The predicted molar refractivity (Wildman–Crippen MR) is 70.5 cm³/mol. The first-order valence-electron chi connectivity index (χ1n) is 5.49. The molecule has 1 N–H and O–H groups in total. The topological polar surface area (TPSA) is 29.1 Å². The Labute approximate surface area is 114 Å². The average molecular weight is 282 g/mol. The van der Waals surface area contributed by atoms with E-state index in [0.29, 0.717) is 16.8 Å². The van der Waals surface area contributed by atoms with Crippen molar-refractivity contribution in [2.75, 3.05) is 5.32 Å². The highest BCUT2D eigenvalue weighted by Gasteiger charge is 2.10. The third kappa shape index (κ3) is 3.29. The first kappa shape index (κ1) is 13.5. The van der Waals surface area contributed by atoms with Gasteiger partial charge in [-0.3, -0.25) is 4.79 Å². The van der Waals surface area contributed by atoms with E-state index in [1.807, 2.05) is 0 Å². The molecule has 2 nitrogen and oxygen atoms in total. The maximum absolute atomic E-state index is 13.0. The summed E-state index contributed by atoms with van der Waals surface area (Å²) in [5, 5.41) is 3.13. The van der Waals surface area contributed by atoms with E-state index in [1.165, 1.54) is 0 Å². The van der Waals surface area contributed by atoms with E-state index in [-0.39, 0.29) is 5.56 Å². The molecule has 0 radical (unpaired) electrons. The summed E-state index contributed by atoms with van der Waals surface area (Å²) < 4.78 is 26.0. The van der Waals surface area contributed by atoms with Crippen LogP contribution in [0.2, 0.25) is 5.02 Å². The molecular weight excluding hydrogens is 272 g/mol. The third-order valence-corrected chi connectivity index (χ3v) is 2.80. The summed E-state index contributed by atoms with van der Waals surface area (Å²) in [6.45, 7) is 1.77. The molecule has 0 fully saturated rings. The van der Waals surface area contributed by atoms with Gasteiger partial charge in [0.1, 0.15) is 11.6 Å². The van der Waals surface area contributed by atoms with Crippen molar-refractivity contribution < 1.29 is 13.6 Å². The molecule has 1 amide bonds. The molecule has 5 heteroatoms. The average Bonchev–Trinajstić information content (AvgIpc) is 2.31. The first-order chi connectivity index (χ1) is 8.95. The summed E-state index contributed by atoms with van der Waals surface area (Å²) in [4.78, 5) is 11.9. The lowest BCUT2D eigenvalue weighted by atomic mass is 10.1. The summed E-state index contributed by atoms with van der Waals surface area (Å²) in [6.07, 6.45) is 0. The van der Waals surface area contributed by atoms with Gasteiger partial charge in [0.2, 0.25) is 0 Å². The van der Waals surface area contributed by atoms with Gasteiger partial charge in [-0.25, -0.2) is 8.78 Å². The molecule has 0 saturated heterocycles. The number of amides is 1. The normalized spacial score (nSPS) is 10.3. The van der Waals surface area contributed by atoms with Crippen molar-refractivity contribution in [3.8, 4) is 0 Å². The molecule has 0 aliphatic rings. The molecule has 2 rings (SSSR count). The number of benzene rings is 2. The fourth-order valence-electron chi connectivity index (χ4n) is 1.65. The van der Waals surface area contributed by atoms with Crippen molar-refractivity contribution >= 4 is 23.2 Å². The maximum Gasteiger partial charge on any atom is 0.255 e. The van der Waals surface area contributed by atoms with Crippen LogP contribution in [-0.2, 0) is 0 Å². The van der Waals surface area contributed by atoms with Crippen LogP contribution in [0.4, 0.5) is 14.5 Å². The molecule has 0 aliphatic carbocycles. The van der Waals surface area contributed by atoms with Gasteiger partial charge in [-0.15, -0.1) is 0 Å². The minimum absolute atomic E-state index is 0.0770. The van der Waals surface area contributed by atoms with Crippen molar-refractivity contribution in [3.63, 3.8) is 0 Å². The third-order valence-electron chi connectivity index (χ3n) is 2.56. The van der Waals surface area contributed by atoms with Gasteiger partial charge in [-0.05, 0) is 42.8 Å². The smallest absolute Gasteiger partial charge is 0.255 e. The Morgan fingerprint density at radius 2 is 1.74 bits per heavy atom. The molecule has 0 saturated carbocycles. The number of anilines is 1. The van der Waals surface area contributed by atoms with Crippen LogP contribution in [0.3, 0.4) is 0 Å². The zero-order chi connectivity index (χ0) is 14.0. The number of carbonyl (C=O) groups excluding carboxylic acids is 1. The van der Waals surface area contributed by atoms with Crippen molar-refractivity contribution in [3.05, 3.63) is 64.2 Å². The molecule has 19 heavy (non-hydrogen) atoms. The number of hydrogen-bond acceptors (Lipinski definition) is 1. The summed E-state index contributed by atoms with van der Waals surface area (Å²) in [5.74, 6) is -2.17. The predicted octanol–water partition coefficient (Wildman–Crippen LogP) is 4.18. The highest BCUT2D eigenvalue weighted by molar-refractivity contribution is 6.30. The SMILES string of the molecule is Cc1cc(Cl)ccc1NC(=O)c1cc(F)cc(F)c1. The van der Waals surface area contributed by atoms with Crippen LogP contribution < -0.4 is 5.32 Å². The Kier molecular flexibility index (Phi) is 3.81. The van der Waals surface area contributed by atoms with Gasteiger partial charge < -0.3 is 5.32 Å². The summed E-state index contributed by atoms with van der Waals surface area (Å²) in [5.41, 5.74) is 1.23. The minimum atomic E-state index is -0.794. The Morgan fingerprint density at radius 3 is 2.32 bits per heavy atom. The van der Waals surface area contributed by atoms with Gasteiger partial charge in [0.15, 0.2) is 0 Å². The van der Waals surface area contributed by atoms with Gasteiger partial charge >= 0.3 is 0 Å². The second-order valence-electron chi connectivity index (χ2n) is 4.07. The number of halogens is 3. The molecule has 2 aromatic carbocycles. The molecule has 98 valence electrons. The molecule has 0 bridgehead atoms. The quantitative estimate of drug-likeness (QED) is 0.879. The van der Waals surface area contributed by atoms with Crippen LogP contribution in [0.15, 0.2) is 36.4 Å². The lowest BCUT2D eigenvalue weighted by Gasteiger charge is -2.09. The lowest BCUT2D eigenvalue weighted by molar-refractivity contribution is 0.102. The monoisotopic (exact) mass is 281 g/mol.